The maximum absolute atomic E-state index is 13.2. The lowest BCUT2D eigenvalue weighted by Crippen LogP contribution is -1.97. The molecule has 2 rings (SSSR count). The Hall–Kier alpha value is -1.39. The number of halogens is 2. The molecule has 0 aliphatic heterocycles. The predicted octanol–water partition coefficient (Wildman–Crippen LogP) is 3.66. The van der Waals surface area contributed by atoms with Crippen LogP contribution in [0.2, 0.25) is 0 Å². The molecule has 0 spiro atoms. The monoisotopic (exact) mass is 310 g/mol. The summed E-state index contributed by atoms with van der Waals surface area (Å²) in [5.41, 5.74) is 1.49. The first kappa shape index (κ1) is 13.1. The highest BCUT2D eigenvalue weighted by atomic mass is 79.9. The number of rotatable bonds is 4. The molecular formula is C14H12BrFO2. The number of aliphatic hydroxyl groups is 1. The number of hydrogen-bond donors (Lipinski definition) is 1. The second-order valence-electron chi connectivity index (χ2n) is 3.87. The zero-order valence-electron chi connectivity index (χ0n) is 9.57. The summed E-state index contributed by atoms with van der Waals surface area (Å²) in [7, 11) is 0. The second kappa shape index (κ2) is 5.98. The molecule has 0 saturated carbocycles. The first-order chi connectivity index (χ1) is 8.67. The number of ether oxygens (including phenoxy) is 1. The maximum Gasteiger partial charge on any atom is 0.127 e. The van der Waals surface area contributed by atoms with Crippen LogP contribution >= 0.6 is 15.9 Å². The standard InChI is InChI=1S/C14H12BrFO2/c15-12-3-1-10(2-4-12)9-18-14-6-11(8-17)5-13(16)7-14/h1-7,17H,8-9H2. The predicted molar refractivity (Wildman–Crippen MR) is 70.8 cm³/mol. The molecule has 0 atom stereocenters. The Morgan fingerprint density at radius 1 is 1.06 bits per heavy atom. The van der Waals surface area contributed by atoms with E-state index >= 15 is 0 Å². The fraction of sp³-hybridized carbons (Fsp3) is 0.143. The van der Waals surface area contributed by atoms with Crippen LogP contribution in [0.25, 0.3) is 0 Å². The van der Waals surface area contributed by atoms with Gasteiger partial charge < -0.3 is 9.84 Å². The van der Waals surface area contributed by atoms with Crippen LogP contribution in [-0.2, 0) is 13.2 Å². The Balaban J connectivity index is 2.05. The first-order valence-corrected chi connectivity index (χ1v) is 6.24. The molecule has 0 radical (unpaired) electrons. The Morgan fingerprint density at radius 3 is 2.44 bits per heavy atom. The van der Waals surface area contributed by atoms with Gasteiger partial charge in [0.25, 0.3) is 0 Å². The maximum atomic E-state index is 13.2. The molecule has 0 amide bonds. The molecule has 18 heavy (non-hydrogen) atoms. The van der Waals surface area contributed by atoms with Crippen molar-refractivity contribution in [3.8, 4) is 5.75 Å². The highest BCUT2D eigenvalue weighted by Crippen LogP contribution is 2.18. The zero-order valence-corrected chi connectivity index (χ0v) is 11.2. The lowest BCUT2D eigenvalue weighted by Gasteiger charge is -2.08. The molecule has 0 saturated heterocycles. The molecule has 0 heterocycles. The van der Waals surface area contributed by atoms with Crippen LogP contribution in [0.4, 0.5) is 4.39 Å². The molecule has 1 N–H and O–H groups in total. The van der Waals surface area contributed by atoms with Crippen LogP contribution in [0, 0.1) is 5.82 Å². The van der Waals surface area contributed by atoms with Gasteiger partial charge in [-0.3, -0.25) is 0 Å². The quantitative estimate of drug-likeness (QED) is 0.934. The summed E-state index contributed by atoms with van der Waals surface area (Å²) in [6.07, 6.45) is 0. The van der Waals surface area contributed by atoms with Crippen molar-refractivity contribution in [2.24, 2.45) is 0 Å². The summed E-state index contributed by atoms with van der Waals surface area (Å²) in [6, 6.07) is 11.9. The molecule has 2 nitrogen and oxygen atoms in total. The topological polar surface area (TPSA) is 29.5 Å². The van der Waals surface area contributed by atoms with E-state index in [1.54, 1.807) is 6.07 Å². The van der Waals surface area contributed by atoms with E-state index in [0.717, 1.165) is 10.0 Å². The number of aliphatic hydroxyl groups excluding tert-OH is 1. The highest BCUT2D eigenvalue weighted by Gasteiger charge is 2.02. The number of hydrogen-bond acceptors (Lipinski definition) is 2. The fourth-order valence-electron chi connectivity index (χ4n) is 1.54. The lowest BCUT2D eigenvalue weighted by molar-refractivity contribution is 0.276. The van der Waals surface area contributed by atoms with Gasteiger partial charge in [0.1, 0.15) is 18.2 Å². The van der Waals surface area contributed by atoms with E-state index in [4.69, 9.17) is 9.84 Å². The van der Waals surface area contributed by atoms with Crippen molar-refractivity contribution in [1.82, 2.24) is 0 Å². The normalized spacial score (nSPS) is 10.4. The summed E-state index contributed by atoms with van der Waals surface area (Å²) < 4.78 is 19.7. The molecule has 0 unspecified atom stereocenters. The van der Waals surface area contributed by atoms with Crippen molar-refractivity contribution < 1.29 is 14.2 Å². The van der Waals surface area contributed by atoms with E-state index in [-0.39, 0.29) is 6.61 Å². The summed E-state index contributed by atoms with van der Waals surface area (Å²) in [4.78, 5) is 0. The van der Waals surface area contributed by atoms with Crippen molar-refractivity contribution in [1.29, 1.82) is 0 Å². The van der Waals surface area contributed by atoms with E-state index < -0.39 is 5.82 Å². The minimum atomic E-state index is -0.410. The third-order valence-electron chi connectivity index (χ3n) is 2.43. The van der Waals surface area contributed by atoms with Gasteiger partial charge in [0.05, 0.1) is 6.61 Å². The van der Waals surface area contributed by atoms with E-state index in [2.05, 4.69) is 15.9 Å². The Bertz CT molecular complexity index is 526. The smallest absolute Gasteiger partial charge is 0.127 e. The van der Waals surface area contributed by atoms with Crippen LogP contribution in [0.5, 0.6) is 5.75 Å². The summed E-state index contributed by atoms with van der Waals surface area (Å²) in [5.74, 6) is 0.00863. The van der Waals surface area contributed by atoms with Gasteiger partial charge in [-0.2, -0.15) is 0 Å². The summed E-state index contributed by atoms with van der Waals surface area (Å²) >= 11 is 3.35. The second-order valence-corrected chi connectivity index (χ2v) is 4.78. The molecule has 4 heteroatoms. The molecule has 0 aromatic heterocycles. The van der Waals surface area contributed by atoms with Crippen LogP contribution in [0.15, 0.2) is 46.9 Å². The van der Waals surface area contributed by atoms with E-state index in [9.17, 15) is 4.39 Å². The Labute approximate surface area is 113 Å². The van der Waals surface area contributed by atoms with Gasteiger partial charge in [0, 0.05) is 10.5 Å². The van der Waals surface area contributed by atoms with Gasteiger partial charge in [-0.1, -0.05) is 28.1 Å². The van der Waals surface area contributed by atoms with E-state index in [0.29, 0.717) is 17.9 Å². The fourth-order valence-corrected chi connectivity index (χ4v) is 1.81. The van der Waals surface area contributed by atoms with E-state index in [1.165, 1.54) is 12.1 Å². The third kappa shape index (κ3) is 3.55. The summed E-state index contributed by atoms with van der Waals surface area (Å²) in [6.45, 7) is 0.161. The molecule has 0 bridgehead atoms. The van der Waals surface area contributed by atoms with Gasteiger partial charge in [-0.15, -0.1) is 0 Å². The molecule has 0 aliphatic rings. The Kier molecular flexibility index (Phi) is 4.33. The SMILES string of the molecule is OCc1cc(F)cc(OCc2ccc(Br)cc2)c1. The molecular weight excluding hydrogens is 299 g/mol. The van der Waals surface area contributed by atoms with Crippen LogP contribution in [0.3, 0.4) is 0 Å². The largest absolute Gasteiger partial charge is 0.489 e. The zero-order chi connectivity index (χ0) is 13.0. The molecule has 0 aliphatic carbocycles. The molecule has 0 fully saturated rings. The van der Waals surface area contributed by atoms with Crippen molar-refractivity contribution in [3.63, 3.8) is 0 Å². The Morgan fingerprint density at radius 2 is 1.78 bits per heavy atom. The minimum Gasteiger partial charge on any atom is -0.489 e. The van der Waals surface area contributed by atoms with E-state index in [1.807, 2.05) is 24.3 Å². The third-order valence-corrected chi connectivity index (χ3v) is 2.96. The number of benzene rings is 2. The highest BCUT2D eigenvalue weighted by molar-refractivity contribution is 9.10. The molecule has 2 aromatic carbocycles. The van der Waals surface area contributed by atoms with Gasteiger partial charge in [-0.05, 0) is 35.4 Å². The minimum absolute atomic E-state index is 0.202. The van der Waals surface area contributed by atoms with Gasteiger partial charge in [0.2, 0.25) is 0 Å². The lowest BCUT2D eigenvalue weighted by atomic mass is 10.2. The van der Waals surface area contributed by atoms with Gasteiger partial charge in [0.15, 0.2) is 0 Å². The average Bonchev–Trinajstić information content (AvgIpc) is 2.37. The van der Waals surface area contributed by atoms with Crippen molar-refractivity contribution in [2.45, 2.75) is 13.2 Å². The van der Waals surface area contributed by atoms with Crippen LogP contribution in [0.1, 0.15) is 11.1 Å². The van der Waals surface area contributed by atoms with Crippen LogP contribution in [-0.4, -0.2) is 5.11 Å². The van der Waals surface area contributed by atoms with Crippen LogP contribution < -0.4 is 4.74 Å². The first-order valence-electron chi connectivity index (χ1n) is 5.45. The van der Waals surface area contributed by atoms with Gasteiger partial charge in [-0.25, -0.2) is 4.39 Å². The molecule has 2 aromatic rings. The van der Waals surface area contributed by atoms with Crippen molar-refractivity contribution in [3.05, 3.63) is 63.9 Å². The molecule has 94 valence electrons. The van der Waals surface area contributed by atoms with Crippen molar-refractivity contribution >= 4 is 15.9 Å². The van der Waals surface area contributed by atoms with Gasteiger partial charge >= 0.3 is 0 Å². The average molecular weight is 311 g/mol. The van der Waals surface area contributed by atoms with Crippen molar-refractivity contribution in [2.75, 3.05) is 0 Å². The summed E-state index contributed by atoms with van der Waals surface area (Å²) in [5, 5.41) is 8.97.